The molecule has 0 aromatic carbocycles. The molecule has 0 aliphatic carbocycles. The Bertz CT molecular complexity index is 276. The number of hydrogen-bond acceptors (Lipinski definition) is 4. The molecule has 1 unspecified atom stereocenters. The minimum Gasteiger partial charge on any atom is -0.396 e. The first-order valence-corrected chi connectivity index (χ1v) is 7.94. The summed E-state index contributed by atoms with van der Waals surface area (Å²) in [6.45, 7) is 3.24. The van der Waals surface area contributed by atoms with Gasteiger partial charge >= 0.3 is 0 Å². The van der Waals surface area contributed by atoms with E-state index in [1.54, 1.807) is 0 Å². The van der Waals surface area contributed by atoms with Crippen molar-refractivity contribution in [1.29, 1.82) is 0 Å². The van der Waals surface area contributed by atoms with Crippen LogP contribution >= 0.6 is 0 Å². The van der Waals surface area contributed by atoms with Crippen LogP contribution in [0.1, 0.15) is 32.6 Å². The lowest BCUT2D eigenvalue weighted by Gasteiger charge is -2.25. The zero-order valence-electron chi connectivity index (χ0n) is 9.98. The predicted octanol–water partition coefficient (Wildman–Crippen LogP) is 0.562. The van der Waals surface area contributed by atoms with Crippen molar-refractivity contribution < 1.29 is 13.5 Å². The van der Waals surface area contributed by atoms with Crippen LogP contribution in [0.25, 0.3) is 0 Å². The van der Waals surface area contributed by atoms with Crippen LogP contribution in [0.5, 0.6) is 0 Å². The average Bonchev–Trinajstić information content (AvgIpc) is 2.26. The highest BCUT2D eigenvalue weighted by atomic mass is 32.2. The lowest BCUT2D eigenvalue weighted by Crippen LogP contribution is -2.39. The molecule has 0 aromatic heterocycles. The molecule has 1 rings (SSSR count). The molecule has 2 N–H and O–H groups in total. The maximum absolute atomic E-state index is 11.2. The van der Waals surface area contributed by atoms with E-state index < -0.39 is 9.84 Å². The van der Waals surface area contributed by atoms with Gasteiger partial charge < -0.3 is 10.4 Å². The Morgan fingerprint density at radius 1 is 1.38 bits per heavy atom. The summed E-state index contributed by atoms with van der Waals surface area (Å²) in [7, 11) is -2.75. The highest BCUT2D eigenvalue weighted by Gasteiger charge is 2.23. The van der Waals surface area contributed by atoms with Crippen LogP contribution in [0.15, 0.2) is 0 Å². The molecule has 0 bridgehead atoms. The highest BCUT2D eigenvalue weighted by Crippen LogP contribution is 2.13. The molecule has 1 heterocycles. The SMILES string of the molecule is CCC(CCO)CNC1CCS(=O)(=O)CC1. The Morgan fingerprint density at radius 2 is 2.00 bits per heavy atom. The van der Waals surface area contributed by atoms with E-state index in [9.17, 15) is 8.42 Å². The van der Waals surface area contributed by atoms with Gasteiger partial charge in [0, 0.05) is 12.6 Å². The predicted molar refractivity (Wildman–Crippen MR) is 65.2 cm³/mol. The zero-order chi connectivity index (χ0) is 12.0. The largest absolute Gasteiger partial charge is 0.396 e. The topological polar surface area (TPSA) is 66.4 Å². The third kappa shape index (κ3) is 4.80. The van der Waals surface area contributed by atoms with Crippen LogP contribution in [-0.2, 0) is 9.84 Å². The quantitative estimate of drug-likeness (QED) is 0.722. The number of nitrogens with one attached hydrogen (secondary N) is 1. The number of aliphatic hydroxyl groups excluding tert-OH is 1. The van der Waals surface area contributed by atoms with E-state index in [1.807, 2.05) is 0 Å². The summed E-state index contributed by atoms with van der Waals surface area (Å²) in [5, 5.41) is 12.3. The standard InChI is InChI=1S/C11H23NO3S/c1-2-10(3-6-13)9-12-11-4-7-16(14,15)8-5-11/h10-13H,2-9H2,1H3. The third-order valence-corrected chi connectivity index (χ3v) is 5.08. The van der Waals surface area contributed by atoms with Gasteiger partial charge in [0.25, 0.3) is 0 Å². The summed E-state index contributed by atoms with van der Waals surface area (Å²) in [5.41, 5.74) is 0. The number of aliphatic hydroxyl groups is 1. The van der Waals surface area contributed by atoms with Crippen molar-refractivity contribution in [3.63, 3.8) is 0 Å². The van der Waals surface area contributed by atoms with Gasteiger partial charge in [-0.05, 0) is 31.7 Å². The Labute approximate surface area is 98.4 Å². The lowest BCUT2D eigenvalue weighted by atomic mass is 10.0. The smallest absolute Gasteiger partial charge is 0.150 e. The number of rotatable bonds is 6. The first-order chi connectivity index (χ1) is 7.57. The molecule has 4 nitrogen and oxygen atoms in total. The van der Waals surface area contributed by atoms with Crippen LogP contribution in [0.4, 0.5) is 0 Å². The van der Waals surface area contributed by atoms with E-state index in [0.29, 0.717) is 23.5 Å². The fourth-order valence-electron chi connectivity index (χ4n) is 2.06. The molecule has 1 aliphatic heterocycles. The Balaban J connectivity index is 2.23. The van der Waals surface area contributed by atoms with Crippen LogP contribution in [0, 0.1) is 5.92 Å². The van der Waals surface area contributed by atoms with Gasteiger partial charge in [0.05, 0.1) is 11.5 Å². The molecule has 1 saturated heterocycles. The van der Waals surface area contributed by atoms with E-state index in [1.165, 1.54) is 0 Å². The van der Waals surface area contributed by atoms with Crippen molar-refractivity contribution in [2.45, 2.75) is 38.6 Å². The van der Waals surface area contributed by atoms with E-state index in [-0.39, 0.29) is 6.61 Å². The van der Waals surface area contributed by atoms with Gasteiger partial charge in [0.15, 0.2) is 0 Å². The molecule has 96 valence electrons. The van der Waals surface area contributed by atoms with E-state index in [2.05, 4.69) is 12.2 Å². The van der Waals surface area contributed by atoms with Gasteiger partial charge in [0.1, 0.15) is 9.84 Å². The van der Waals surface area contributed by atoms with Crippen molar-refractivity contribution in [1.82, 2.24) is 5.32 Å². The first-order valence-electron chi connectivity index (χ1n) is 6.12. The number of hydrogen-bond donors (Lipinski definition) is 2. The van der Waals surface area contributed by atoms with Crippen molar-refractivity contribution in [3.05, 3.63) is 0 Å². The maximum atomic E-state index is 11.2. The van der Waals surface area contributed by atoms with Gasteiger partial charge in [-0.1, -0.05) is 13.3 Å². The van der Waals surface area contributed by atoms with Crippen LogP contribution < -0.4 is 5.32 Å². The molecule has 0 aromatic rings. The molecule has 0 radical (unpaired) electrons. The summed E-state index contributed by atoms with van der Waals surface area (Å²) >= 11 is 0. The Kier molecular flexibility index (Phi) is 5.72. The van der Waals surface area contributed by atoms with Crippen LogP contribution in [0.3, 0.4) is 0 Å². The summed E-state index contributed by atoms with van der Waals surface area (Å²) in [6, 6.07) is 0.344. The van der Waals surface area contributed by atoms with Gasteiger partial charge in [0.2, 0.25) is 0 Å². The molecule has 0 saturated carbocycles. The van der Waals surface area contributed by atoms with Crippen LogP contribution in [0.2, 0.25) is 0 Å². The van der Waals surface area contributed by atoms with E-state index in [4.69, 9.17) is 5.11 Å². The molecule has 0 amide bonds. The van der Waals surface area contributed by atoms with Crippen molar-refractivity contribution in [3.8, 4) is 0 Å². The molecule has 5 heteroatoms. The van der Waals surface area contributed by atoms with E-state index in [0.717, 1.165) is 32.2 Å². The molecule has 1 fully saturated rings. The maximum Gasteiger partial charge on any atom is 0.150 e. The lowest BCUT2D eigenvalue weighted by molar-refractivity contribution is 0.247. The molecular formula is C11H23NO3S. The highest BCUT2D eigenvalue weighted by molar-refractivity contribution is 7.91. The van der Waals surface area contributed by atoms with Crippen molar-refractivity contribution in [2.24, 2.45) is 5.92 Å². The zero-order valence-corrected chi connectivity index (χ0v) is 10.8. The number of sulfone groups is 1. The third-order valence-electron chi connectivity index (χ3n) is 3.36. The summed E-state index contributed by atoms with van der Waals surface area (Å²) < 4.78 is 22.5. The summed E-state index contributed by atoms with van der Waals surface area (Å²) in [4.78, 5) is 0. The van der Waals surface area contributed by atoms with Gasteiger partial charge in [-0.15, -0.1) is 0 Å². The minimum absolute atomic E-state index is 0.235. The fraction of sp³-hybridized carbons (Fsp3) is 1.00. The van der Waals surface area contributed by atoms with E-state index >= 15 is 0 Å². The second kappa shape index (κ2) is 6.57. The average molecular weight is 249 g/mol. The van der Waals surface area contributed by atoms with Crippen molar-refractivity contribution >= 4 is 9.84 Å². The van der Waals surface area contributed by atoms with Gasteiger partial charge in [-0.25, -0.2) is 8.42 Å². The molecule has 1 atom stereocenters. The molecule has 16 heavy (non-hydrogen) atoms. The molecule has 0 spiro atoms. The Hall–Kier alpha value is -0.130. The van der Waals surface area contributed by atoms with Gasteiger partial charge in [-0.3, -0.25) is 0 Å². The Morgan fingerprint density at radius 3 is 2.50 bits per heavy atom. The summed E-state index contributed by atoms with van der Waals surface area (Å²) in [6.07, 6.45) is 3.35. The van der Waals surface area contributed by atoms with Crippen molar-refractivity contribution in [2.75, 3.05) is 24.7 Å². The van der Waals surface area contributed by atoms with Gasteiger partial charge in [-0.2, -0.15) is 0 Å². The first kappa shape index (κ1) is 13.9. The second-order valence-corrected chi connectivity index (χ2v) is 6.92. The minimum atomic E-state index is -2.75. The molecular weight excluding hydrogens is 226 g/mol. The summed E-state index contributed by atoms with van der Waals surface area (Å²) in [5.74, 6) is 1.15. The monoisotopic (exact) mass is 249 g/mol. The fourth-order valence-corrected chi connectivity index (χ4v) is 3.55. The molecule has 1 aliphatic rings. The normalized spacial score (nSPS) is 23.1. The van der Waals surface area contributed by atoms with Crippen LogP contribution in [-0.4, -0.2) is 44.2 Å². The second-order valence-electron chi connectivity index (χ2n) is 4.62.